The first-order chi connectivity index (χ1) is 8.22. The van der Waals surface area contributed by atoms with Gasteiger partial charge in [0, 0.05) is 31.8 Å². The molecule has 1 saturated heterocycles. The minimum atomic E-state index is 0.580. The van der Waals surface area contributed by atoms with Crippen LogP contribution in [0, 0.1) is 11.8 Å². The third kappa shape index (κ3) is 2.69. The van der Waals surface area contributed by atoms with Crippen LogP contribution < -0.4 is 10.6 Å². The van der Waals surface area contributed by atoms with E-state index in [0.29, 0.717) is 11.8 Å². The average Bonchev–Trinajstić information content (AvgIpc) is 2.68. The molecular weight excluding hydrogens is 214 g/mol. The largest absolute Gasteiger partial charge is 0.396 e. The normalized spacial score (nSPS) is 24.2. The van der Waals surface area contributed by atoms with Crippen LogP contribution >= 0.6 is 0 Å². The summed E-state index contributed by atoms with van der Waals surface area (Å²) in [6, 6.07) is 3.78. The van der Waals surface area contributed by atoms with E-state index in [-0.39, 0.29) is 0 Å². The van der Waals surface area contributed by atoms with Crippen molar-refractivity contribution in [2.75, 3.05) is 36.9 Å². The van der Waals surface area contributed by atoms with E-state index in [2.05, 4.69) is 16.8 Å². The van der Waals surface area contributed by atoms with Crippen LogP contribution in [0.1, 0.15) is 13.8 Å². The molecule has 2 rings (SSSR count). The Kier molecular flexibility index (Phi) is 3.84. The fourth-order valence-corrected chi connectivity index (χ4v) is 2.37. The SMILES string of the molecule is CCOC[C@@H]1CN(c2ncccc2N)C[C@@H]1C. The highest BCUT2D eigenvalue weighted by Crippen LogP contribution is 2.29. The van der Waals surface area contributed by atoms with Crippen LogP contribution in [0.2, 0.25) is 0 Å². The molecule has 1 aliphatic heterocycles. The van der Waals surface area contributed by atoms with E-state index in [1.54, 1.807) is 6.20 Å². The van der Waals surface area contributed by atoms with Crippen molar-refractivity contribution < 1.29 is 4.74 Å². The van der Waals surface area contributed by atoms with Crippen molar-refractivity contribution in [2.24, 2.45) is 11.8 Å². The molecule has 0 radical (unpaired) electrons. The molecule has 2 heterocycles. The molecule has 4 nitrogen and oxygen atoms in total. The molecule has 1 aromatic heterocycles. The van der Waals surface area contributed by atoms with Crippen molar-refractivity contribution in [1.82, 2.24) is 4.98 Å². The second-order valence-corrected chi connectivity index (χ2v) is 4.72. The first-order valence-corrected chi connectivity index (χ1v) is 6.25. The van der Waals surface area contributed by atoms with Crippen LogP contribution in [0.25, 0.3) is 0 Å². The molecule has 0 unspecified atom stereocenters. The minimum absolute atomic E-state index is 0.580. The number of nitrogens with zero attached hydrogens (tertiary/aromatic N) is 2. The average molecular weight is 235 g/mol. The van der Waals surface area contributed by atoms with Gasteiger partial charge in [0.05, 0.1) is 12.3 Å². The minimum Gasteiger partial charge on any atom is -0.396 e. The number of anilines is 2. The second kappa shape index (κ2) is 5.36. The highest BCUT2D eigenvalue weighted by Gasteiger charge is 2.30. The Labute approximate surface area is 103 Å². The van der Waals surface area contributed by atoms with Crippen molar-refractivity contribution in [3.63, 3.8) is 0 Å². The summed E-state index contributed by atoms with van der Waals surface area (Å²) in [5.41, 5.74) is 6.72. The molecule has 0 bridgehead atoms. The standard InChI is InChI=1S/C13H21N3O/c1-3-17-9-11-8-16(7-10(11)2)13-12(14)5-4-6-15-13/h4-6,10-11H,3,7-9,14H2,1-2H3/t10-,11-/m0/s1. The van der Waals surface area contributed by atoms with Gasteiger partial charge in [0.15, 0.2) is 5.82 Å². The van der Waals surface area contributed by atoms with Crippen LogP contribution in [0.15, 0.2) is 18.3 Å². The van der Waals surface area contributed by atoms with Gasteiger partial charge in [-0.3, -0.25) is 0 Å². The highest BCUT2D eigenvalue weighted by molar-refractivity contribution is 5.62. The summed E-state index contributed by atoms with van der Waals surface area (Å²) in [5, 5.41) is 0. The Morgan fingerprint density at radius 2 is 2.35 bits per heavy atom. The number of aromatic nitrogens is 1. The second-order valence-electron chi connectivity index (χ2n) is 4.72. The molecule has 0 aromatic carbocycles. The Hall–Kier alpha value is -1.29. The fraction of sp³-hybridized carbons (Fsp3) is 0.615. The number of nitrogens with two attached hydrogens (primary N) is 1. The van der Waals surface area contributed by atoms with Gasteiger partial charge in [0.2, 0.25) is 0 Å². The maximum absolute atomic E-state index is 5.96. The zero-order chi connectivity index (χ0) is 12.3. The number of pyridine rings is 1. The molecule has 1 aromatic rings. The van der Waals surface area contributed by atoms with Gasteiger partial charge in [-0.25, -0.2) is 4.98 Å². The molecular formula is C13H21N3O. The molecule has 4 heteroatoms. The summed E-state index contributed by atoms with van der Waals surface area (Å²) < 4.78 is 5.52. The number of nitrogen functional groups attached to an aromatic ring is 1. The van der Waals surface area contributed by atoms with Crippen LogP contribution in [0.3, 0.4) is 0 Å². The monoisotopic (exact) mass is 235 g/mol. The summed E-state index contributed by atoms with van der Waals surface area (Å²) in [7, 11) is 0. The molecule has 0 aliphatic carbocycles. The highest BCUT2D eigenvalue weighted by atomic mass is 16.5. The number of hydrogen-bond donors (Lipinski definition) is 1. The number of rotatable bonds is 4. The summed E-state index contributed by atoms with van der Waals surface area (Å²) in [4.78, 5) is 6.64. The smallest absolute Gasteiger partial charge is 0.151 e. The van der Waals surface area contributed by atoms with E-state index >= 15 is 0 Å². The Bertz CT molecular complexity index is 369. The van der Waals surface area contributed by atoms with Crippen molar-refractivity contribution >= 4 is 11.5 Å². The molecule has 0 amide bonds. The van der Waals surface area contributed by atoms with Crippen molar-refractivity contribution in [3.05, 3.63) is 18.3 Å². The lowest BCUT2D eigenvalue weighted by Crippen LogP contribution is -2.23. The predicted molar refractivity (Wildman–Crippen MR) is 70.0 cm³/mol. The Morgan fingerprint density at radius 3 is 3.06 bits per heavy atom. The Balaban J connectivity index is 2.03. The van der Waals surface area contributed by atoms with Gasteiger partial charge in [-0.1, -0.05) is 6.92 Å². The maximum atomic E-state index is 5.96. The number of ether oxygens (including phenoxy) is 1. The van der Waals surface area contributed by atoms with Crippen LogP contribution in [-0.4, -0.2) is 31.3 Å². The fourth-order valence-electron chi connectivity index (χ4n) is 2.37. The lowest BCUT2D eigenvalue weighted by molar-refractivity contribution is 0.104. The van der Waals surface area contributed by atoms with Gasteiger partial charge < -0.3 is 15.4 Å². The third-order valence-corrected chi connectivity index (χ3v) is 3.42. The zero-order valence-corrected chi connectivity index (χ0v) is 10.6. The quantitative estimate of drug-likeness (QED) is 0.864. The van der Waals surface area contributed by atoms with E-state index < -0.39 is 0 Å². The third-order valence-electron chi connectivity index (χ3n) is 3.42. The zero-order valence-electron chi connectivity index (χ0n) is 10.6. The van der Waals surface area contributed by atoms with Crippen LogP contribution in [0.4, 0.5) is 11.5 Å². The van der Waals surface area contributed by atoms with E-state index in [4.69, 9.17) is 10.5 Å². The van der Waals surface area contributed by atoms with Gasteiger partial charge in [0.1, 0.15) is 0 Å². The lowest BCUT2D eigenvalue weighted by atomic mass is 9.99. The molecule has 2 N–H and O–H groups in total. The van der Waals surface area contributed by atoms with Crippen LogP contribution in [-0.2, 0) is 4.74 Å². The molecule has 1 aliphatic rings. The first kappa shape index (κ1) is 12.2. The summed E-state index contributed by atoms with van der Waals surface area (Å²) >= 11 is 0. The first-order valence-electron chi connectivity index (χ1n) is 6.25. The molecule has 0 saturated carbocycles. The van der Waals surface area contributed by atoms with Gasteiger partial charge in [0.25, 0.3) is 0 Å². The predicted octanol–water partition coefficient (Wildman–Crippen LogP) is 1.77. The molecule has 94 valence electrons. The van der Waals surface area contributed by atoms with Gasteiger partial charge in [-0.2, -0.15) is 0 Å². The topological polar surface area (TPSA) is 51.4 Å². The summed E-state index contributed by atoms with van der Waals surface area (Å²) in [6.45, 7) is 7.92. The Morgan fingerprint density at radius 1 is 1.53 bits per heavy atom. The molecule has 2 atom stereocenters. The van der Waals surface area contributed by atoms with Crippen LogP contribution in [0.5, 0.6) is 0 Å². The molecule has 17 heavy (non-hydrogen) atoms. The summed E-state index contributed by atoms with van der Waals surface area (Å²) in [5.74, 6) is 2.12. The molecule has 1 fully saturated rings. The van der Waals surface area contributed by atoms with Gasteiger partial charge in [-0.15, -0.1) is 0 Å². The van der Waals surface area contributed by atoms with Crippen molar-refractivity contribution in [1.29, 1.82) is 0 Å². The van der Waals surface area contributed by atoms with E-state index in [1.165, 1.54) is 0 Å². The van der Waals surface area contributed by atoms with Gasteiger partial charge in [-0.05, 0) is 25.0 Å². The van der Waals surface area contributed by atoms with E-state index in [0.717, 1.165) is 37.8 Å². The molecule has 0 spiro atoms. The summed E-state index contributed by atoms with van der Waals surface area (Å²) in [6.07, 6.45) is 1.80. The van der Waals surface area contributed by atoms with E-state index in [9.17, 15) is 0 Å². The maximum Gasteiger partial charge on any atom is 0.151 e. The van der Waals surface area contributed by atoms with Crippen molar-refractivity contribution in [2.45, 2.75) is 13.8 Å². The lowest BCUT2D eigenvalue weighted by Gasteiger charge is -2.18. The van der Waals surface area contributed by atoms with Crippen molar-refractivity contribution in [3.8, 4) is 0 Å². The van der Waals surface area contributed by atoms with Gasteiger partial charge >= 0.3 is 0 Å². The van der Waals surface area contributed by atoms with E-state index in [1.807, 2.05) is 19.1 Å². The number of hydrogen-bond acceptors (Lipinski definition) is 4.